The summed E-state index contributed by atoms with van der Waals surface area (Å²) in [5, 5.41) is 0.0603. The number of carbonyl (C=O) groups excluding carboxylic acids is 3. The van der Waals surface area contributed by atoms with Crippen LogP contribution < -0.4 is 4.74 Å². The molecule has 2 amide bonds. The highest BCUT2D eigenvalue weighted by Crippen LogP contribution is 2.37. The summed E-state index contributed by atoms with van der Waals surface area (Å²) in [6.45, 7) is 3.62. The van der Waals surface area contributed by atoms with Crippen molar-refractivity contribution in [2.24, 2.45) is 0 Å². The molecule has 1 aromatic carbocycles. The summed E-state index contributed by atoms with van der Waals surface area (Å²) in [5.74, 6) is -0.846. The molecule has 1 heterocycles. The summed E-state index contributed by atoms with van der Waals surface area (Å²) in [7, 11) is 0. The van der Waals surface area contributed by atoms with Gasteiger partial charge in [0.25, 0.3) is 11.1 Å². The van der Waals surface area contributed by atoms with Crippen LogP contribution in [-0.2, 0) is 14.3 Å². The predicted octanol–water partition coefficient (Wildman–Crippen LogP) is 3.99. The highest BCUT2D eigenvalue weighted by Gasteiger charge is 2.36. The molecule has 0 aliphatic carbocycles. The molecule has 0 bridgehead atoms. The zero-order chi connectivity index (χ0) is 18.6. The van der Waals surface area contributed by atoms with Crippen molar-refractivity contribution in [1.29, 1.82) is 0 Å². The third-order valence-electron chi connectivity index (χ3n) is 3.07. The average molecular weight is 404 g/mol. The summed E-state index contributed by atoms with van der Waals surface area (Å²) < 4.78 is 10.1. The van der Waals surface area contributed by atoms with Gasteiger partial charge in [-0.05, 0) is 49.4 Å². The van der Waals surface area contributed by atoms with Crippen LogP contribution in [0.2, 0.25) is 10.0 Å². The number of thioether (sulfide) groups is 1. The van der Waals surface area contributed by atoms with Crippen LogP contribution in [0.3, 0.4) is 0 Å². The maximum atomic E-state index is 12.3. The monoisotopic (exact) mass is 403 g/mol. The number of nitrogens with zero attached hydrogens (tertiary/aromatic N) is 1. The van der Waals surface area contributed by atoms with Crippen molar-refractivity contribution in [3.05, 3.63) is 32.6 Å². The van der Waals surface area contributed by atoms with E-state index in [1.807, 2.05) is 0 Å². The van der Waals surface area contributed by atoms with Gasteiger partial charge in [0.15, 0.2) is 5.75 Å². The molecule has 25 heavy (non-hydrogen) atoms. The zero-order valence-electron chi connectivity index (χ0n) is 13.5. The van der Waals surface area contributed by atoms with E-state index in [-0.39, 0.29) is 11.5 Å². The minimum atomic E-state index is -0.641. The Morgan fingerprint density at radius 3 is 2.40 bits per heavy atom. The number of rotatable bonds is 6. The Kier molecular flexibility index (Phi) is 6.75. The van der Waals surface area contributed by atoms with Crippen LogP contribution in [0.15, 0.2) is 17.0 Å². The minimum Gasteiger partial charge on any atom is -0.491 e. The van der Waals surface area contributed by atoms with Crippen molar-refractivity contribution < 1.29 is 23.9 Å². The molecule has 0 aromatic heterocycles. The van der Waals surface area contributed by atoms with E-state index in [2.05, 4.69) is 0 Å². The maximum absolute atomic E-state index is 12.3. The molecule has 1 aromatic rings. The lowest BCUT2D eigenvalue weighted by Gasteiger charge is -2.11. The second kappa shape index (κ2) is 8.60. The summed E-state index contributed by atoms with van der Waals surface area (Å²) in [4.78, 5) is 36.8. The van der Waals surface area contributed by atoms with E-state index in [4.69, 9.17) is 32.7 Å². The normalized spacial score (nSPS) is 15.8. The number of benzene rings is 1. The van der Waals surface area contributed by atoms with Crippen LogP contribution in [0, 0.1) is 0 Å². The first-order valence-electron chi connectivity index (χ1n) is 7.40. The van der Waals surface area contributed by atoms with Crippen molar-refractivity contribution in [2.75, 3.05) is 19.8 Å². The molecule has 2 rings (SSSR count). The lowest BCUT2D eigenvalue weighted by atomic mass is 10.2. The average Bonchev–Trinajstić information content (AvgIpc) is 2.79. The number of halogens is 2. The molecule has 1 aliphatic heterocycles. The molecule has 1 saturated heterocycles. The van der Waals surface area contributed by atoms with Gasteiger partial charge in [0.1, 0.15) is 6.54 Å². The second-order valence-electron chi connectivity index (χ2n) is 4.82. The quantitative estimate of drug-likeness (QED) is 0.527. The van der Waals surface area contributed by atoms with E-state index in [9.17, 15) is 14.4 Å². The van der Waals surface area contributed by atoms with Crippen LogP contribution in [0.1, 0.15) is 19.4 Å². The Morgan fingerprint density at radius 2 is 1.84 bits per heavy atom. The van der Waals surface area contributed by atoms with Gasteiger partial charge in [0.2, 0.25) is 0 Å². The van der Waals surface area contributed by atoms with Crippen molar-refractivity contribution >= 4 is 58.2 Å². The molecule has 0 saturated carbocycles. The van der Waals surface area contributed by atoms with E-state index in [1.54, 1.807) is 26.0 Å². The third-order valence-corrected chi connectivity index (χ3v) is 4.54. The van der Waals surface area contributed by atoms with Crippen molar-refractivity contribution in [2.45, 2.75) is 13.8 Å². The number of ether oxygens (including phenoxy) is 2. The lowest BCUT2D eigenvalue weighted by molar-refractivity contribution is -0.145. The van der Waals surface area contributed by atoms with Gasteiger partial charge in [0, 0.05) is 0 Å². The van der Waals surface area contributed by atoms with Gasteiger partial charge in [0.05, 0.1) is 28.2 Å². The molecule has 9 heteroatoms. The van der Waals surface area contributed by atoms with Gasteiger partial charge in [-0.25, -0.2) is 0 Å². The van der Waals surface area contributed by atoms with Gasteiger partial charge >= 0.3 is 5.97 Å². The third kappa shape index (κ3) is 4.68. The number of hydrogen-bond donors (Lipinski definition) is 0. The van der Waals surface area contributed by atoms with Crippen LogP contribution in [-0.4, -0.2) is 41.8 Å². The van der Waals surface area contributed by atoms with Gasteiger partial charge in [-0.2, -0.15) is 0 Å². The van der Waals surface area contributed by atoms with Crippen LogP contribution in [0.25, 0.3) is 6.08 Å². The van der Waals surface area contributed by atoms with E-state index in [0.29, 0.717) is 28.0 Å². The van der Waals surface area contributed by atoms with E-state index in [1.165, 1.54) is 6.08 Å². The van der Waals surface area contributed by atoms with E-state index >= 15 is 0 Å². The Morgan fingerprint density at radius 1 is 1.20 bits per heavy atom. The standard InChI is InChI=1S/C16H15Cl2NO5S/c1-3-23-13(20)8-19-15(21)12(25-16(19)22)7-9-5-10(17)14(24-4-2)11(18)6-9/h5-7H,3-4,8H2,1-2H3/b12-7+. The fraction of sp³-hybridized carbons (Fsp3) is 0.312. The van der Waals surface area contributed by atoms with Crippen LogP contribution in [0.5, 0.6) is 5.75 Å². The number of hydrogen-bond acceptors (Lipinski definition) is 6. The number of esters is 1. The minimum absolute atomic E-state index is 0.172. The number of carbonyl (C=O) groups is 3. The fourth-order valence-electron chi connectivity index (χ4n) is 2.07. The summed E-state index contributed by atoms with van der Waals surface area (Å²) >= 11 is 13.0. The van der Waals surface area contributed by atoms with Gasteiger partial charge in [-0.3, -0.25) is 19.3 Å². The van der Waals surface area contributed by atoms with E-state index in [0.717, 1.165) is 16.7 Å². The van der Waals surface area contributed by atoms with Crippen molar-refractivity contribution in [3.63, 3.8) is 0 Å². The number of amides is 2. The molecule has 0 radical (unpaired) electrons. The topological polar surface area (TPSA) is 72.9 Å². The molecule has 0 atom stereocenters. The smallest absolute Gasteiger partial charge is 0.326 e. The first-order chi connectivity index (χ1) is 11.9. The summed E-state index contributed by atoms with van der Waals surface area (Å²) in [6, 6.07) is 3.16. The highest BCUT2D eigenvalue weighted by molar-refractivity contribution is 8.18. The Hall–Kier alpha value is -1.70. The van der Waals surface area contributed by atoms with E-state index < -0.39 is 23.7 Å². The largest absolute Gasteiger partial charge is 0.491 e. The molecule has 0 spiro atoms. The van der Waals surface area contributed by atoms with Gasteiger partial charge in [-0.1, -0.05) is 23.2 Å². The maximum Gasteiger partial charge on any atom is 0.326 e. The molecular weight excluding hydrogens is 389 g/mol. The van der Waals surface area contributed by atoms with Crippen LogP contribution in [0.4, 0.5) is 4.79 Å². The molecule has 0 N–H and O–H groups in total. The molecule has 6 nitrogen and oxygen atoms in total. The predicted molar refractivity (Wildman–Crippen MR) is 96.9 cm³/mol. The molecule has 1 aliphatic rings. The molecule has 1 fully saturated rings. The van der Waals surface area contributed by atoms with Crippen molar-refractivity contribution in [3.8, 4) is 5.75 Å². The number of imide groups is 1. The summed E-state index contributed by atoms with van der Waals surface area (Å²) in [5.41, 5.74) is 0.542. The van der Waals surface area contributed by atoms with Gasteiger partial charge in [-0.15, -0.1) is 0 Å². The second-order valence-corrected chi connectivity index (χ2v) is 6.63. The lowest BCUT2D eigenvalue weighted by Crippen LogP contribution is -2.34. The molecule has 0 unspecified atom stereocenters. The zero-order valence-corrected chi connectivity index (χ0v) is 15.8. The Balaban J connectivity index is 2.23. The molecular formula is C16H15Cl2NO5S. The Labute approximate surface area is 159 Å². The first kappa shape index (κ1) is 19.6. The summed E-state index contributed by atoms with van der Waals surface area (Å²) in [6.07, 6.45) is 1.49. The van der Waals surface area contributed by atoms with Gasteiger partial charge < -0.3 is 9.47 Å². The highest BCUT2D eigenvalue weighted by atomic mass is 35.5. The SMILES string of the molecule is CCOC(=O)CN1C(=O)S/C(=C/c2cc(Cl)c(OCC)c(Cl)c2)C1=O. The first-order valence-corrected chi connectivity index (χ1v) is 8.97. The van der Waals surface area contributed by atoms with Crippen molar-refractivity contribution in [1.82, 2.24) is 4.90 Å². The fourth-order valence-corrected chi connectivity index (χ4v) is 3.52. The van der Waals surface area contributed by atoms with Crippen LogP contribution >= 0.6 is 35.0 Å². The Bertz CT molecular complexity index is 727. The molecule has 134 valence electrons.